The summed E-state index contributed by atoms with van der Waals surface area (Å²) in [5, 5.41) is 2.78. The van der Waals surface area contributed by atoms with Crippen molar-refractivity contribution in [3.05, 3.63) is 45.6 Å². The summed E-state index contributed by atoms with van der Waals surface area (Å²) in [4.78, 5) is 5.67. The fourth-order valence-electron chi connectivity index (χ4n) is 2.06. The molecular formula is C13H12ClN3S. The van der Waals surface area contributed by atoms with Crippen molar-refractivity contribution in [1.29, 1.82) is 0 Å². The Labute approximate surface area is 114 Å². The number of fused-ring (bicyclic) bond motifs is 1. The maximum atomic E-state index is 6.22. The second-order valence-corrected chi connectivity index (χ2v) is 5.50. The Morgan fingerprint density at radius 1 is 1.28 bits per heavy atom. The van der Waals surface area contributed by atoms with Crippen molar-refractivity contribution in [2.45, 2.75) is 13.0 Å². The van der Waals surface area contributed by atoms with E-state index < -0.39 is 0 Å². The first-order valence-corrected chi connectivity index (χ1v) is 6.94. The van der Waals surface area contributed by atoms with Crippen LogP contribution in [0, 0.1) is 0 Å². The van der Waals surface area contributed by atoms with Gasteiger partial charge in [-0.15, -0.1) is 11.3 Å². The SMILES string of the molecule is Nc1nc2cccc(Cl)c2n1CCc1cccs1. The molecule has 0 aliphatic heterocycles. The Hall–Kier alpha value is -1.52. The van der Waals surface area contributed by atoms with E-state index in [0.717, 1.165) is 24.0 Å². The largest absolute Gasteiger partial charge is 0.369 e. The van der Waals surface area contributed by atoms with Crippen LogP contribution >= 0.6 is 22.9 Å². The van der Waals surface area contributed by atoms with E-state index in [9.17, 15) is 0 Å². The lowest BCUT2D eigenvalue weighted by molar-refractivity contribution is 0.733. The molecule has 2 N–H and O–H groups in total. The molecule has 0 saturated carbocycles. The minimum Gasteiger partial charge on any atom is -0.369 e. The van der Waals surface area contributed by atoms with E-state index in [-0.39, 0.29) is 0 Å². The molecule has 2 heterocycles. The highest BCUT2D eigenvalue weighted by Crippen LogP contribution is 2.26. The Morgan fingerprint density at radius 3 is 2.94 bits per heavy atom. The maximum Gasteiger partial charge on any atom is 0.201 e. The van der Waals surface area contributed by atoms with Crippen molar-refractivity contribution in [3.63, 3.8) is 0 Å². The molecular weight excluding hydrogens is 266 g/mol. The topological polar surface area (TPSA) is 43.8 Å². The normalized spacial score (nSPS) is 11.2. The lowest BCUT2D eigenvalue weighted by Gasteiger charge is -2.06. The Balaban J connectivity index is 1.98. The van der Waals surface area contributed by atoms with Gasteiger partial charge in [-0.1, -0.05) is 23.7 Å². The van der Waals surface area contributed by atoms with Gasteiger partial charge in [0.25, 0.3) is 0 Å². The standard InChI is InChI=1S/C13H12ClN3S/c14-10-4-1-5-11-12(10)17(13(15)16-11)7-6-9-3-2-8-18-9/h1-5,8H,6-7H2,(H2,15,16). The molecule has 1 aromatic carbocycles. The molecule has 5 heteroatoms. The van der Waals surface area contributed by atoms with Crippen LogP contribution in [0.4, 0.5) is 5.95 Å². The number of thiophene rings is 1. The number of anilines is 1. The molecule has 2 aromatic heterocycles. The number of nitrogen functional groups attached to an aromatic ring is 1. The molecule has 0 aliphatic rings. The Morgan fingerprint density at radius 2 is 2.17 bits per heavy atom. The van der Waals surface area contributed by atoms with E-state index in [4.69, 9.17) is 17.3 Å². The molecule has 0 fully saturated rings. The van der Waals surface area contributed by atoms with Crippen LogP contribution in [-0.4, -0.2) is 9.55 Å². The van der Waals surface area contributed by atoms with Gasteiger partial charge >= 0.3 is 0 Å². The number of imidazole rings is 1. The van der Waals surface area contributed by atoms with Crippen LogP contribution < -0.4 is 5.73 Å². The molecule has 3 rings (SSSR count). The fraction of sp³-hybridized carbons (Fsp3) is 0.154. The van der Waals surface area contributed by atoms with Gasteiger partial charge in [0.2, 0.25) is 5.95 Å². The Bertz CT molecular complexity index is 673. The van der Waals surface area contributed by atoms with Crippen molar-refractivity contribution < 1.29 is 0 Å². The average Bonchev–Trinajstić information content (AvgIpc) is 2.94. The number of halogens is 1. The van der Waals surface area contributed by atoms with Crippen molar-refractivity contribution >= 4 is 39.9 Å². The van der Waals surface area contributed by atoms with Gasteiger partial charge in [0.1, 0.15) is 0 Å². The van der Waals surface area contributed by atoms with E-state index in [0.29, 0.717) is 11.0 Å². The zero-order chi connectivity index (χ0) is 12.5. The Kier molecular flexibility index (Phi) is 2.97. The lowest BCUT2D eigenvalue weighted by atomic mass is 10.3. The summed E-state index contributed by atoms with van der Waals surface area (Å²) in [6.07, 6.45) is 0.943. The predicted molar refractivity (Wildman–Crippen MR) is 77.2 cm³/mol. The number of nitrogens with two attached hydrogens (primary N) is 1. The number of nitrogens with zero attached hydrogens (tertiary/aromatic N) is 2. The van der Waals surface area contributed by atoms with Gasteiger partial charge in [-0.25, -0.2) is 4.98 Å². The van der Waals surface area contributed by atoms with Gasteiger partial charge in [0, 0.05) is 11.4 Å². The third kappa shape index (κ3) is 1.98. The number of para-hydroxylation sites is 1. The summed E-state index contributed by atoms with van der Waals surface area (Å²) in [5.41, 5.74) is 7.74. The highest BCUT2D eigenvalue weighted by Gasteiger charge is 2.10. The van der Waals surface area contributed by atoms with Crippen LogP contribution in [0.3, 0.4) is 0 Å². The minimum absolute atomic E-state index is 0.523. The summed E-state index contributed by atoms with van der Waals surface area (Å²) >= 11 is 7.98. The second-order valence-electron chi connectivity index (χ2n) is 4.06. The average molecular weight is 278 g/mol. The molecule has 0 bridgehead atoms. The van der Waals surface area contributed by atoms with E-state index >= 15 is 0 Å². The zero-order valence-electron chi connectivity index (χ0n) is 9.64. The summed E-state index contributed by atoms with van der Waals surface area (Å²) in [7, 11) is 0. The first kappa shape index (κ1) is 11.6. The van der Waals surface area contributed by atoms with Crippen molar-refractivity contribution in [1.82, 2.24) is 9.55 Å². The van der Waals surface area contributed by atoms with Gasteiger partial charge in [-0.05, 0) is 30.0 Å². The molecule has 3 nitrogen and oxygen atoms in total. The first-order valence-electron chi connectivity index (χ1n) is 5.68. The van der Waals surface area contributed by atoms with Gasteiger partial charge in [-0.2, -0.15) is 0 Å². The molecule has 0 spiro atoms. The zero-order valence-corrected chi connectivity index (χ0v) is 11.2. The van der Waals surface area contributed by atoms with Gasteiger partial charge in [-0.3, -0.25) is 0 Å². The molecule has 92 valence electrons. The number of aromatic nitrogens is 2. The summed E-state index contributed by atoms with van der Waals surface area (Å²) in [5.74, 6) is 0.523. The second kappa shape index (κ2) is 4.63. The fourth-order valence-corrected chi connectivity index (χ4v) is 3.03. The monoisotopic (exact) mass is 277 g/mol. The van der Waals surface area contributed by atoms with E-state index in [1.165, 1.54) is 4.88 Å². The molecule has 18 heavy (non-hydrogen) atoms. The molecule has 0 saturated heterocycles. The number of rotatable bonds is 3. The highest BCUT2D eigenvalue weighted by atomic mass is 35.5. The molecule has 0 aliphatic carbocycles. The minimum atomic E-state index is 0.523. The molecule has 3 aromatic rings. The maximum absolute atomic E-state index is 6.22. The van der Waals surface area contributed by atoms with E-state index in [1.54, 1.807) is 11.3 Å². The predicted octanol–water partition coefficient (Wildman–Crippen LogP) is 3.58. The van der Waals surface area contributed by atoms with E-state index in [2.05, 4.69) is 22.5 Å². The molecule has 0 unspecified atom stereocenters. The van der Waals surface area contributed by atoms with Crippen LogP contribution in [0.1, 0.15) is 4.88 Å². The smallest absolute Gasteiger partial charge is 0.201 e. The lowest BCUT2D eigenvalue weighted by Crippen LogP contribution is -2.05. The summed E-state index contributed by atoms with van der Waals surface area (Å²) in [6.45, 7) is 0.798. The quantitative estimate of drug-likeness (QED) is 0.795. The first-order chi connectivity index (χ1) is 8.75. The van der Waals surface area contributed by atoms with Crippen LogP contribution in [-0.2, 0) is 13.0 Å². The third-order valence-electron chi connectivity index (χ3n) is 2.91. The van der Waals surface area contributed by atoms with Crippen molar-refractivity contribution in [2.75, 3.05) is 5.73 Å². The van der Waals surface area contributed by atoms with Gasteiger partial charge < -0.3 is 10.3 Å². The summed E-state index contributed by atoms with van der Waals surface area (Å²) in [6, 6.07) is 9.87. The van der Waals surface area contributed by atoms with Crippen molar-refractivity contribution in [2.24, 2.45) is 0 Å². The highest BCUT2D eigenvalue weighted by molar-refractivity contribution is 7.09. The number of hydrogen-bond acceptors (Lipinski definition) is 3. The van der Waals surface area contributed by atoms with Gasteiger partial charge in [0.15, 0.2) is 0 Å². The van der Waals surface area contributed by atoms with Gasteiger partial charge in [0.05, 0.1) is 16.1 Å². The number of hydrogen-bond donors (Lipinski definition) is 1. The van der Waals surface area contributed by atoms with Crippen LogP contribution in [0.25, 0.3) is 11.0 Å². The summed E-state index contributed by atoms with van der Waals surface area (Å²) < 4.78 is 1.98. The molecule has 0 atom stereocenters. The number of benzene rings is 1. The van der Waals surface area contributed by atoms with Crippen molar-refractivity contribution in [3.8, 4) is 0 Å². The van der Waals surface area contributed by atoms with E-state index in [1.807, 2.05) is 22.8 Å². The van der Waals surface area contributed by atoms with Crippen LogP contribution in [0.5, 0.6) is 0 Å². The van der Waals surface area contributed by atoms with Crippen LogP contribution in [0.15, 0.2) is 35.7 Å². The number of aryl methyl sites for hydroxylation is 2. The third-order valence-corrected chi connectivity index (χ3v) is 4.15. The molecule has 0 radical (unpaired) electrons. The molecule has 0 amide bonds. The van der Waals surface area contributed by atoms with Crippen LogP contribution in [0.2, 0.25) is 5.02 Å².